The zero-order chi connectivity index (χ0) is 14.3. The molecule has 0 saturated heterocycles. The van der Waals surface area contributed by atoms with Crippen molar-refractivity contribution in [3.63, 3.8) is 0 Å². The van der Waals surface area contributed by atoms with Crippen LogP contribution in [0.2, 0.25) is 0 Å². The van der Waals surface area contributed by atoms with E-state index in [4.69, 9.17) is 17.5 Å². The lowest BCUT2D eigenvalue weighted by Crippen LogP contribution is -2.35. The molecule has 0 spiro atoms. The Bertz CT molecular complexity index is 384. The maximum Gasteiger partial charge on any atom is 0.264 e. The van der Waals surface area contributed by atoms with Gasteiger partial charge in [-0.05, 0) is 12.8 Å². The zero-order valence-electron chi connectivity index (χ0n) is 10.6. The van der Waals surface area contributed by atoms with Crippen molar-refractivity contribution >= 4 is 20.2 Å². The Morgan fingerprint density at radius 1 is 1.06 bits per heavy atom. The van der Waals surface area contributed by atoms with Crippen LogP contribution in [0.15, 0.2) is 0 Å². The molecule has 7 nitrogen and oxygen atoms in total. The van der Waals surface area contributed by atoms with Crippen molar-refractivity contribution in [2.75, 3.05) is 39.7 Å². The number of nitrogens with zero attached hydrogens (tertiary/aromatic N) is 1. The van der Waals surface area contributed by atoms with Crippen molar-refractivity contribution in [1.82, 2.24) is 0 Å². The van der Waals surface area contributed by atoms with E-state index in [1.54, 1.807) is 0 Å². The SMILES string of the molecule is CS(=O)(=O)[O-].C[N+](C)(C)CCCCS(=O)(=O)O. The van der Waals surface area contributed by atoms with Crippen LogP contribution in [0.25, 0.3) is 0 Å². The lowest BCUT2D eigenvalue weighted by molar-refractivity contribution is -0.870. The van der Waals surface area contributed by atoms with Gasteiger partial charge in [-0.2, -0.15) is 8.42 Å². The second-order valence-corrected chi connectivity index (χ2v) is 7.69. The number of rotatable bonds is 5. The highest BCUT2D eigenvalue weighted by molar-refractivity contribution is 7.85. The van der Waals surface area contributed by atoms with Crippen LogP contribution >= 0.6 is 0 Å². The summed E-state index contributed by atoms with van der Waals surface area (Å²) in [4.78, 5) is 0. The van der Waals surface area contributed by atoms with Gasteiger partial charge in [-0.3, -0.25) is 4.55 Å². The predicted octanol–water partition coefficient (Wildman–Crippen LogP) is -0.478. The quantitative estimate of drug-likeness (QED) is 0.416. The first-order chi connectivity index (χ1) is 7.21. The Kier molecular flexibility index (Phi) is 8.18. The molecular weight excluding hydrogens is 270 g/mol. The molecule has 0 atom stereocenters. The number of quaternary nitrogens is 1. The van der Waals surface area contributed by atoms with Crippen molar-refractivity contribution in [3.05, 3.63) is 0 Å². The highest BCUT2D eigenvalue weighted by atomic mass is 32.2. The van der Waals surface area contributed by atoms with Gasteiger partial charge in [0.05, 0.1) is 43.6 Å². The first-order valence-electron chi connectivity index (χ1n) is 4.87. The minimum atomic E-state index is -3.92. The third-order valence-corrected chi connectivity index (χ3v) is 2.29. The van der Waals surface area contributed by atoms with E-state index in [0.29, 0.717) is 12.7 Å². The fourth-order valence-corrected chi connectivity index (χ4v) is 1.44. The molecule has 0 radical (unpaired) electrons. The molecule has 0 bridgehead atoms. The predicted molar refractivity (Wildman–Crippen MR) is 64.2 cm³/mol. The highest BCUT2D eigenvalue weighted by Gasteiger charge is 2.08. The smallest absolute Gasteiger partial charge is 0.264 e. The van der Waals surface area contributed by atoms with E-state index in [9.17, 15) is 8.42 Å². The first-order valence-corrected chi connectivity index (χ1v) is 8.30. The standard InChI is InChI=1S/C7H17NO3S.CH4O3S/c1-8(2,3)6-4-5-7-12(9,10)11;1-5(2,3)4/h4-7H2,1-3H3;1H3,(H,2,3,4). The molecule has 1 N–H and O–H groups in total. The average Bonchev–Trinajstić information content (AvgIpc) is 1.91. The van der Waals surface area contributed by atoms with Crippen molar-refractivity contribution in [1.29, 1.82) is 0 Å². The summed E-state index contributed by atoms with van der Waals surface area (Å²) in [6.07, 6.45) is 1.96. The molecule has 0 aliphatic rings. The second-order valence-electron chi connectivity index (χ2n) is 4.71. The van der Waals surface area contributed by atoms with Gasteiger partial charge in [0.1, 0.15) is 0 Å². The van der Waals surface area contributed by atoms with Crippen LogP contribution in [0.1, 0.15) is 12.8 Å². The fraction of sp³-hybridized carbons (Fsp3) is 1.00. The monoisotopic (exact) mass is 291 g/mol. The van der Waals surface area contributed by atoms with Crippen LogP contribution in [0.3, 0.4) is 0 Å². The minimum absolute atomic E-state index is 0.118. The Morgan fingerprint density at radius 2 is 1.41 bits per heavy atom. The van der Waals surface area contributed by atoms with Crippen LogP contribution in [0.5, 0.6) is 0 Å². The molecule has 106 valence electrons. The number of hydrogen-bond acceptors (Lipinski definition) is 5. The van der Waals surface area contributed by atoms with Crippen molar-refractivity contribution in [2.45, 2.75) is 12.8 Å². The van der Waals surface area contributed by atoms with Gasteiger partial charge in [-0.25, -0.2) is 8.42 Å². The van der Waals surface area contributed by atoms with E-state index in [0.717, 1.165) is 17.4 Å². The van der Waals surface area contributed by atoms with Gasteiger partial charge in [-0.1, -0.05) is 0 Å². The summed E-state index contributed by atoms with van der Waals surface area (Å²) in [5.74, 6) is -0.118. The van der Waals surface area contributed by atoms with Crippen LogP contribution in [0.4, 0.5) is 0 Å². The van der Waals surface area contributed by atoms with E-state index < -0.39 is 20.2 Å². The summed E-state index contributed by atoms with van der Waals surface area (Å²) in [5, 5.41) is 0. The largest absolute Gasteiger partial charge is 0.748 e. The van der Waals surface area contributed by atoms with E-state index in [2.05, 4.69) is 0 Å². The third kappa shape index (κ3) is 38.9. The van der Waals surface area contributed by atoms with Crippen LogP contribution in [-0.4, -0.2) is 70.1 Å². The molecule has 0 rings (SSSR count). The Balaban J connectivity index is 0. The second kappa shape index (κ2) is 7.27. The number of unbranched alkanes of at least 4 members (excludes halogenated alkanes) is 1. The molecule has 17 heavy (non-hydrogen) atoms. The molecular formula is C8H21NO6S2. The molecule has 0 aliphatic carbocycles. The van der Waals surface area contributed by atoms with Gasteiger partial charge < -0.3 is 9.04 Å². The van der Waals surface area contributed by atoms with Gasteiger partial charge in [0.2, 0.25) is 0 Å². The third-order valence-electron chi connectivity index (χ3n) is 1.48. The van der Waals surface area contributed by atoms with Crippen LogP contribution in [0, 0.1) is 0 Å². The maximum atomic E-state index is 10.3. The van der Waals surface area contributed by atoms with Crippen molar-refractivity contribution < 1.29 is 30.4 Å². The molecule has 0 fully saturated rings. The summed E-state index contributed by atoms with van der Waals surface area (Å²) in [6.45, 7) is 0.926. The summed E-state index contributed by atoms with van der Waals surface area (Å²) in [7, 11) is -1.52. The summed E-state index contributed by atoms with van der Waals surface area (Å²) in [5.41, 5.74) is 0. The summed E-state index contributed by atoms with van der Waals surface area (Å²) >= 11 is 0. The van der Waals surface area contributed by atoms with Gasteiger partial charge in [0.15, 0.2) is 0 Å². The molecule has 0 aromatic rings. The topological polar surface area (TPSA) is 112 Å². The maximum absolute atomic E-state index is 10.3. The van der Waals surface area contributed by atoms with Gasteiger partial charge >= 0.3 is 0 Å². The Morgan fingerprint density at radius 3 is 1.65 bits per heavy atom. The van der Waals surface area contributed by atoms with E-state index >= 15 is 0 Å². The Hall–Kier alpha value is -0.220. The molecule has 0 heterocycles. The van der Waals surface area contributed by atoms with Crippen LogP contribution < -0.4 is 0 Å². The van der Waals surface area contributed by atoms with Gasteiger partial charge in [0.25, 0.3) is 10.1 Å². The normalized spacial score (nSPS) is 12.8. The molecule has 0 unspecified atom stereocenters. The molecule has 0 saturated carbocycles. The van der Waals surface area contributed by atoms with Gasteiger partial charge in [-0.15, -0.1) is 0 Å². The fourth-order valence-electron chi connectivity index (χ4n) is 0.871. The van der Waals surface area contributed by atoms with E-state index in [-0.39, 0.29) is 5.75 Å². The first kappa shape index (κ1) is 19.1. The minimum Gasteiger partial charge on any atom is -0.748 e. The molecule has 0 aliphatic heterocycles. The van der Waals surface area contributed by atoms with E-state index in [1.807, 2.05) is 21.1 Å². The lowest BCUT2D eigenvalue weighted by atomic mass is 10.3. The molecule has 9 heteroatoms. The molecule has 0 aromatic heterocycles. The van der Waals surface area contributed by atoms with Gasteiger partial charge in [0, 0.05) is 6.26 Å². The van der Waals surface area contributed by atoms with E-state index in [1.165, 1.54) is 0 Å². The molecule has 0 amide bonds. The lowest BCUT2D eigenvalue weighted by Gasteiger charge is -2.23. The zero-order valence-corrected chi connectivity index (χ0v) is 12.2. The Labute approximate surface area is 104 Å². The number of hydrogen-bond donors (Lipinski definition) is 1. The summed E-state index contributed by atoms with van der Waals surface area (Å²) in [6, 6.07) is 0. The molecule has 0 aromatic carbocycles. The summed E-state index contributed by atoms with van der Waals surface area (Å²) < 4.78 is 57.1. The average molecular weight is 291 g/mol. The van der Waals surface area contributed by atoms with Crippen molar-refractivity contribution in [3.8, 4) is 0 Å². The van der Waals surface area contributed by atoms with Crippen LogP contribution in [-0.2, 0) is 20.2 Å². The highest BCUT2D eigenvalue weighted by Crippen LogP contribution is 1.99. The van der Waals surface area contributed by atoms with Crippen molar-refractivity contribution in [2.24, 2.45) is 0 Å².